The van der Waals surface area contributed by atoms with Crippen molar-refractivity contribution < 1.29 is 71.4 Å². The van der Waals surface area contributed by atoms with Crippen LogP contribution in [0, 0.1) is 0 Å². The molecule has 0 bridgehead atoms. The Morgan fingerprint density at radius 3 is 1.55 bits per heavy atom. The molecule has 3 rings (SSSR count). The first-order valence-corrected chi connectivity index (χ1v) is 20.2. The summed E-state index contributed by atoms with van der Waals surface area (Å²) in [5.41, 5.74) is 0. The number of carbonyl (C=O) groups excluding carboxylic acids is 5. The molecule has 3 saturated heterocycles. The van der Waals surface area contributed by atoms with Crippen LogP contribution in [0.15, 0.2) is 0 Å². The molecular formula is C35H60N4O15S. The molecule has 3 atom stereocenters. The molecule has 0 aromatic rings. The Labute approximate surface area is 327 Å². The van der Waals surface area contributed by atoms with Gasteiger partial charge >= 0.3 is 12.0 Å². The van der Waals surface area contributed by atoms with Gasteiger partial charge in [-0.05, 0) is 12.8 Å². The fraction of sp³-hybridized carbons (Fsp3) is 0.857. The monoisotopic (exact) mass is 808 g/mol. The van der Waals surface area contributed by atoms with Crippen molar-refractivity contribution in [3.05, 3.63) is 0 Å². The van der Waals surface area contributed by atoms with Crippen molar-refractivity contribution in [3.8, 4) is 0 Å². The average molecular weight is 809 g/mol. The molecule has 0 aromatic heterocycles. The predicted octanol–water partition coefficient (Wildman–Crippen LogP) is -0.0249. The van der Waals surface area contributed by atoms with Crippen LogP contribution in [-0.4, -0.2) is 183 Å². The number of hydrogen-bond acceptors (Lipinski definition) is 16. The molecule has 3 aliphatic heterocycles. The summed E-state index contributed by atoms with van der Waals surface area (Å²) < 4.78 is 49.0. The summed E-state index contributed by atoms with van der Waals surface area (Å²) in [5.74, 6) is -0.746. The minimum Gasteiger partial charge on any atom is -0.378 e. The highest BCUT2D eigenvalue weighted by molar-refractivity contribution is 8.00. The Morgan fingerprint density at radius 2 is 1.05 bits per heavy atom. The first-order valence-electron chi connectivity index (χ1n) is 19.2. The molecule has 0 spiro atoms. The van der Waals surface area contributed by atoms with E-state index in [4.69, 9.17) is 47.5 Å². The zero-order valence-corrected chi connectivity index (χ0v) is 32.6. The van der Waals surface area contributed by atoms with Crippen molar-refractivity contribution in [1.29, 1.82) is 0 Å². The standard InChI is InChI=1S/C35H60N4O15S/c40-30(4-2-1-3-29-34-28(27-55-29)37-35(44)38-34)36-8-10-46-12-14-48-16-18-50-20-22-52-24-26-53-25-23-51-21-19-49-17-15-47-13-11-45-9-7-33(43)54-39-31(41)5-6-32(39)42/h28-29,34H,1-27H2,(H,36,40)(H2,37,38,44). The zero-order valence-electron chi connectivity index (χ0n) is 31.8. The lowest BCUT2D eigenvalue weighted by atomic mass is 10.0. The molecule has 316 valence electrons. The van der Waals surface area contributed by atoms with E-state index in [0.29, 0.717) is 129 Å². The highest BCUT2D eigenvalue weighted by Crippen LogP contribution is 2.33. The van der Waals surface area contributed by atoms with Gasteiger partial charge in [0.15, 0.2) is 0 Å². The summed E-state index contributed by atoms with van der Waals surface area (Å²) in [6.07, 6.45) is 3.33. The number of amides is 5. The summed E-state index contributed by atoms with van der Waals surface area (Å²) >= 11 is 1.89. The lowest BCUT2D eigenvalue weighted by Gasteiger charge is -2.16. The number of fused-ring (bicyclic) bond motifs is 1. The molecule has 0 aliphatic carbocycles. The third kappa shape index (κ3) is 22.0. The normalized spacial score (nSPS) is 19.2. The maximum Gasteiger partial charge on any atom is 0.335 e. The van der Waals surface area contributed by atoms with Gasteiger partial charge in [0, 0.05) is 36.8 Å². The Balaban J connectivity index is 0.909. The quantitative estimate of drug-likeness (QED) is 0.0431. The molecule has 0 radical (unpaired) electrons. The molecular weight excluding hydrogens is 748 g/mol. The number of imide groups is 1. The highest BCUT2D eigenvalue weighted by Gasteiger charge is 2.42. The minimum absolute atomic E-state index is 0.0328. The fourth-order valence-electron chi connectivity index (χ4n) is 5.45. The lowest BCUT2D eigenvalue weighted by molar-refractivity contribution is -0.198. The third-order valence-corrected chi connectivity index (χ3v) is 9.78. The molecule has 3 fully saturated rings. The van der Waals surface area contributed by atoms with Gasteiger partial charge in [-0.2, -0.15) is 11.8 Å². The SMILES string of the molecule is O=C(CCCCC1SCC2NC(=O)NC21)NCCOCCOCCOCCOCCOCCOCCOCCOCCOCCC(=O)ON1C(=O)CCC1=O. The van der Waals surface area contributed by atoms with Gasteiger partial charge in [-0.25, -0.2) is 9.59 Å². The van der Waals surface area contributed by atoms with Crippen molar-refractivity contribution in [2.75, 3.05) is 131 Å². The molecule has 19 nitrogen and oxygen atoms in total. The van der Waals surface area contributed by atoms with Crippen LogP contribution in [0.25, 0.3) is 0 Å². The minimum atomic E-state index is -0.703. The van der Waals surface area contributed by atoms with Crippen molar-refractivity contribution in [2.45, 2.75) is 62.3 Å². The zero-order chi connectivity index (χ0) is 39.2. The Bertz CT molecular complexity index is 1090. The van der Waals surface area contributed by atoms with Crippen LogP contribution in [0.4, 0.5) is 4.79 Å². The van der Waals surface area contributed by atoms with Crippen LogP contribution in [0.1, 0.15) is 44.9 Å². The average Bonchev–Trinajstić information content (AvgIpc) is 3.83. The Morgan fingerprint density at radius 1 is 0.600 bits per heavy atom. The van der Waals surface area contributed by atoms with Gasteiger partial charge in [0.25, 0.3) is 11.8 Å². The summed E-state index contributed by atoms with van der Waals surface area (Å²) in [7, 11) is 0. The number of carbonyl (C=O) groups is 5. The third-order valence-electron chi connectivity index (χ3n) is 8.27. The van der Waals surface area contributed by atoms with Crippen LogP contribution in [-0.2, 0) is 66.6 Å². The maximum atomic E-state index is 12.0. The van der Waals surface area contributed by atoms with E-state index >= 15 is 0 Å². The first kappa shape index (κ1) is 46.7. The summed E-state index contributed by atoms with van der Waals surface area (Å²) in [6.45, 7) is 7.83. The van der Waals surface area contributed by atoms with Gasteiger partial charge in [0.2, 0.25) is 5.91 Å². The molecule has 0 aromatic carbocycles. The summed E-state index contributed by atoms with van der Waals surface area (Å²) in [6, 6.07) is 0.384. The Hall–Kier alpha value is -2.66. The molecule has 20 heteroatoms. The second-order valence-electron chi connectivity index (χ2n) is 12.5. The van der Waals surface area contributed by atoms with Crippen molar-refractivity contribution in [1.82, 2.24) is 21.0 Å². The lowest BCUT2D eigenvalue weighted by Crippen LogP contribution is -2.36. The number of ether oxygens (including phenoxy) is 9. The van der Waals surface area contributed by atoms with Crippen LogP contribution >= 0.6 is 11.8 Å². The number of urea groups is 1. The van der Waals surface area contributed by atoms with Crippen LogP contribution in [0.2, 0.25) is 0 Å². The number of nitrogens with zero attached hydrogens (tertiary/aromatic N) is 1. The highest BCUT2D eigenvalue weighted by atomic mass is 32.2. The van der Waals surface area contributed by atoms with E-state index in [9.17, 15) is 24.0 Å². The largest absolute Gasteiger partial charge is 0.378 e. The van der Waals surface area contributed by atoms with E-state index in [2.05, 4.69) is 16.0 Å². The van der Waals surface area contributed by atoms with Gasteiger partial charge in [-0.15, -0.1) is 5.06 Å². The van der Waals surface area contributed by atoms with Gasteiger partial charge in [-0.1, -0.05) is 6.42 Å². The second kappa shape index (κ2) is 30.5. The number of thioether (sulfide) groups is 1. The van der Waals surface area contributed by atoms with E-state index < -0.39 is 17.8 Å². The summed E-state index contributed by atoms with van der Waals surface area (Å²) in [5, 5.41) is 9.77. The van der Waals surface area contributed by atoms with Crippen LogP contribution in [0.5, 0.6) is 0 Å². The van der Waals surface area contributed by atoms with Gasteiger partial charge in [-0.3, -0.25) is 14.4 Å². The molecule has 55 heavy (non-hydrogen) atoms. The molecule has 3 N–H and O–H groups in total. The topological polar surface area (TPSA) is 217 Å². The van der Waals surface area contributed by atoms with Crippen molar-refractivity contribution in [3.63, 3.8) is 0 Å². The number of rotatable bonds is 36. The Kier molecular flexibility index (Phi) is 25.9. The van der Waals surface area contributed by atoms with Crippen molar-refractivity contribution in [2.24, 2.45) is 0 Å². The predicted molar refractivity (Wildman–Crippen MR) is 196 cm³/mol. The summed E-state index contributed by atoms with van der Waals surface area (Å²) in [4.78, 5) is 62.7. The van der Waals surface area contributed by atoms with E-state index in [1.165, 1.54) is 0 Å². The second-order valence-corrected chi connectivity index (χ2v) is 13.8. The molecule has 3 aliphatic rings. The van der Waals surface area contributed by atoms with Gasteiger partial charge in [0.05, 0.1) is 137 Å². The number of nitrogens with one attached hydrogen (secondary N) is 3. The molecule has 0 saturated carbocycles. The number of hydrogen-bond donors (Lipinski definition) is 3. The maximum absolute atomic E-state index is 12.0. The van der Waals surface area contributed by atoms with E-state index in [1.54, 1.807) is 0 Å². The van der Waals surface area contributed by atoms with Gasteiger partial charge in [0.1, 0.15) is 0 Å². The fourth-order valence-corrected chi connectivity index (χ4v) is 6.99. The van der Waals surface area contributed by atoms with Crippen molar-refractivity contribution >= 4 is 41.5 Å². The van der Waals surface area contributed by atoms with E-state index in [1.807, 2.05) is 11.8 Å². The molecule has 5 amide bonds. The van der Waals surface area contributed by atoms with Crippen LogP contribution < -0.4 is 16.0 Å². The van der Waals surface area contributed by atoms with E-state index in [-0.39, 0.29) is 56.5 Å². The molecule has 3 heterocycles. The number of hydroxylamine groups is 2. The van der Waals surface area contributed by atoms with E-state index in [0.717, 1.165) is 25.0 Å². The van der Waals surface area contributed by atoms with Gasteiger partial charge < -0.3 is 63.4 Å². The van der Waals surface area contributed by atoms with Crippen LogP contribution in [0.3, 0.4) is 0 Å². The first-order chi connectivity index (χ1) is 26.9. The smallest absolute Gasteiger partial charge is 0.335 e. The number of unbranched alkanes of at least 4 members (excludes halogenated alkanes) is 1. The molecule has 3 unspecified atom stereocenters.